The third kappa shape index (κ3) is 3.28. The molecular weight excluding hydrogens is 256 g/mol. The predicted octanol–water partition coefficient (Wildman–Crippen LogP) is 1.79. The number of nitrogens with one attached hydrogen (secondary N) is 1. The molecular formula is C14H18N4O2. The Morgan fingerprint density at radius 3 is 2.90 bits per heavy atom. The molecule has 1 aromatic heterocycles. The number of esters is 1. The number of rotatable bonds is 5. The fourth-order valence-corrected chi connectivity index (χ4v) is 1.79. The summed E-state index contributed by atoms with van der Waals surface area (Å²) in [6, 6.07) is 6.95. The number of hydrogen-bond donors (Lipinski definition) is 2. The maximum atomic E-state index is 11.7. The molecule has 0 spiro atoms. The first-order valence-corrected chi connectivity index (χ1v) is 6.39. The van der Waals surface area contributed by atoms with Gasteiger partial charge in [-0.15, -0.1) is 0 Å². The van der Waals surface area contributed by atoms with Crippen molar-refractivity contribution in [2.24, 2.45) is 7.05 Å². The first kappa shape index (κ1) is 13.9. The molecule has 3 N–H and O–H groups in total. The van der Waals surface area contributed by atoms with E-state index in [1.54, 1.807) is 29.8 Å². The van der Waals surface area contributed by atoms with Crippen LogP contribution in [0.2, 0.25) is 0 Å². The molecule has 0 fully saturated rings. The van der Waals surface area contributed by atoms with E-state index in [-0.39, 0.29) is 5.97 Å². The second-order valence-electron chi connectivity index (χ2n) is 4.36. The number of ether oxygens (including phenoxy) is 1. The quantitative estimate of drug-likeness (QED) is 0.641. The van der Waals surface area contributed by atoms with Crippen LogP contribution in [0.1, 0.15) is 23.0 Å². The molecule has 6 heteroatoms. The van der Waals surface area contributed by atoms with Gasteiger partial charge in [-0.3, -0.25) is 4.68 Å². The minimum atomic E-state index is -0.353. The first-order chi connectivity index (χ1) is 9.60. The molecule has 6 nitrogen and oxygen atoms in total. The highest BCUT2D eigenvalue weighted by Crippen LogP contribution is 2.21. The standard InChI is InChI=1S/C14H18N4O2/c1-3-20-14(19)10-4-5-12(15)13(8-10)16-9-11-6-7-18(2)17-11/h4-8,16H,3,9,15H2,1-2H3. The van der Waals surface area contributed by atoms with Crippen LogP contribution in [0.25, 0.3) is 0 Å². The van der Waals surface area contributed by atoms with Crippen molar-refractivity contribution in [3.63, 3.8) is 0 Å². The van der Waals surface area contributed by atoms with E-state index in [9.17, 15) is 4.79 Å². The van der Waals surface area contributed by atoms with Crippen molar-refractivity contribution in [3.05, 3.63) is 41.7 Å². The van der Waals surface area contributed by atoms with E-state index < -0.39 is 0 Å². The van der Waals surface area contributed by atoms with E-state index in [4.69, 9.17) is 10.5 Å². The van der Waals surface area contributed by atoms with E-state index in [0.717, 1.165) is 5.69 Å². The van der Waals surface area contributed by atoms with Gasteiger partial charge in [0.1, 0.15) is 0 Å². The molecule has 2 aromatic rings. The van der Waals surface area contributed by atoms with Gasteiger partial charge in [-0.2, -0.15) is 5.10 Å². The number of benzene rings is 1. The van der Waals surface area contributed by atoms with Crippen LogP contribution in [0, 0.1) is 0 Å². The highest BCUT2D eigenvalue weighted by Gasteiger charge is 2.09. The molecule has 0 aliphatic carbocycles. The van der Waals surface area contributed by atoms with Crippen LogP contribution in [0.5, 0.6) is 0 Å². The van der Waals surface area contributed by atoms with Crippen molar-refractivity contribution in [1.82, 2.24) is 9.78 Å². The molecule has 1 aromatic carbocycles. The van der Waals surface area contributed by atoms with Crippen molar-refractivity contribution in [2.75, 3.05) is 17.7 Å². The van der Waals surface area contributed by atoms with Gasteiger partial charge in [0.2, 0.25) is 0 Å². The maximum absolute atomic E-state index is 11.7. The molecule has 0 saturated carbocycles. The van der Waals surface area contributed by atoms with Crippen LogP contribution in [0.15, 0.2) is 30.5 Å². The van der Waals surface area contributed by atoms with E-state index in [1.807, 2.05) is 19.3 Å². The molecule has 1 heterocycles. The average Bonchev–Trinajstić information content (AvgIpc) is 2.84. The zero-order chi connectivity index (χ0) is 14.5. The van der Waals surface area contributed by atoms with Crippen molar-refractivity contribution in [2.45, 2.75) is 13.5 Å². The minimum Gasteiger partial charge on any atom is -0.462 e. The number of aryl methyl sites for hydroxylation is 1. The SMILES string of the molecule is CCOC(=O)c1ccc(N)c(NCc2ccn(C)n2)c1. The number of anilines is 2. The maximum Gasteiger partial charge on any atom is 0.338 e. The van der Waals surface area contributed by atoms with E-state index >= 15 is 0 Å². The zero-order valence-corrected chi connectivity index (χ0v) is 11.6. The lowest BCUT2D eigenvalue weighted by molar-refractivity contribution is 0.0526. The Labute approximate surface area is 117 Å². The second-order valence-corrected chi connectivity index (χ2v) is 4.36. The molecule has 0 unspecified atom stereocenters. The Kier molecular flexibility index (Phi) is 4.24. The number of nitrogen functional groups attached to an aromatic ring is 1. The van der Waals surface area contributed by atoms with E-state index in [1.165, 1.54) is 0 Å². The van der Waals surface area contributed by atoms with Crippen LogP contribution in [0.4, 0.5) is 11.4 Å². The lowest BCUT2D eigenvalue weighted by Gasteiger charge is -2.10. The Morgan fingerprint density at radius 1 is 1.45 bits per heavy atom. The fourth-order valence-electron chi connectivity index (χ4n) is 1.79. The summed E-state index contributed by atoms with van der Waals surface area (Å²) in [6.45, 7) is 2.66. The number of hydrogen-bond acceptors (Lipinski definition) is 5. The van der Waals surface area contributed by atoms with Crippen LogP contribution in [0.3, 0.4) is 0 Å². The number of aromatic nitrogens is 2. The van der Waals surface area contributed by atoms with Gasteiger partial charge in [0, 0.05) is 13.2 Å². The molecule has 2 rings (SSSR count). The smallest absolute Gasteiger partial charge is 0.338 e. The first-order valence-electron chi connectivity index (χ1n) is 6.39. The number of carbonyl (C=O) groups is 1. The predicted molar refractivity (Wildman–Crippen MR) is 77.3 cm³/mol. The van der Waals surface area contributed by atoms with Crippen molar-refractivity contribution in [3.8, 4) is 0 Å². The van der Waals surface area contributed by atoms with E-state index in [0.29, 0.717) is 30.1 Å². The summed E-state index contributed by atoms with van der Waals surface area (Å²) in [4.78, 5) is 11.7. The van der Waals surface area contributed by atoms with Crippen molar-refractivity contribution in [1.29, 1.82) is 0 Å². The topological polar surface area (TPSA) is 82.2 Å². The monoisotopic (exact) mass is 274 g/mol. The molecule has 0 aliphatic rings. The van der Waals surface area contributed by atoms with Gasteiger partial charge < -0.3 is 15.8 Å². The summed E-state index contributed by atoms with van der Waals surface area (Å²) in [5, 5.41) is 7.44. The molecule has 0 aliphatic heterocycles. The third-order valence-electron chi connectivity index (χ3n) is 2.79. The van der Waals surface area contributed by atoms with Gasteiger partial charge >= 0.3 is 5.97 Å². The summed E-state index contributed by atoms with van der Waals surface area (Å²) in [5.74, 6) is -0.353. The highest BCUT2D eigenvalue weighted by atomic mass is 16.5. The fraction of sp³-hybridized carbons (Fsp3) is 0.286. The normalized spacial score (nSPS) is 10.3. The number of carbonyl (C=O) groups excluding carboxylic acids is 1. The van der Waals surface area contributed by atoms with Crippen molar-refractivity contribution >= 4 is 17.3 Å². The Hall–Kier alpha value is -2.50. The van der Waals surface area contributed by atoms with Crippen LogP contribution in [-0.2, 0) is 18.3 Å². The van der Waals surface area contributed by atoms with Crippen LogP contribution < -0.4 is 11.1 Å². The highest BCUT2D eigenvalue weighted by molar-refractivity contribution is 5.92. The number of nitrogens with zero attached hydrogens (tertiary/aromatic N) is 2. The van der Waals surface area contributed by atoms with Crippen LogP contribution in [-0.4, -0.2) is 22.4 Å². The lowest BCUT2D eigenvalue weighted by Crippen LogP contribution is -2.08. The second kappa shape index (κ2) is 6.10. The molecule has 20 heavy (non-hydrogen) atoms. The molecule has 0 bridgehead atoms. The average molecular weight is 274 g/mol. The lowest BCUT2D eigenvalue weighted by atomic mass is 10.1. The molecule has 106 valence electrons. The van der Waals surface area contributed by atoms with Gasteiger partial charge in [-0.25, -0.2) is 4.79 Å². The van der Waals surface area contributed by atoms with Crippen molar-refractivity contribution < 1.29 is 9.53 Å². The molecule has 0 saturated heterocycles. The summed E-state index contributed by atoms with van der Waals surface area (Å²) < 4.78 is 6.70. The van der Waals surface area contributed by atoms with E-state index in [2.05, 4.69) is 10.4 Å². The summed E-state index contributed by atoms with van der Waals surface area (Å²) >= 11 is 0. The Balaban J connectivity index is 2.10. The largest absolute Gasteiger partial charge is 0.462 e. The van der Waals surface area contributed by atoms with Gasteiger partial charge in [0.25, 0.3) is 0 Å². The zero-order valence-electron chi connectivity index (χ0n) is 11.6. The Bertz CT molecular complexity index is 607. The van der Waals surface area contributed by atoms with Crippen LogP contribution >= 0.6 is 0 Å². The number of nitrogens with two attached hydrogens (primary N) is 1. The molecule has 0 atom stereocenters. The van der Waals surface area contributed by atoms with Gasteiger partial charge in [0.15, 0.2) is 0 Å². The summed E-state index contributed by atoms with van der Waals surface area (Å²) in [5.41, 5.74) is 8.54. The van der Waals surface area contributed by atoms with Gasteiger partial charge in [-0.05, 0) is 31.2 Å². The minimum absolute atomic E-state index is 0.347. The van der Waals surface area contributed by atoms with Gasteiger partial charge in [-0.1, -0.05) is 0 Å². The molecule has 0 radical (unpaired) electrons. The third-order valence-corrected chi connectivity index (χ3v) is 2.79. The summed E-state index contributed by atoms with van der Waals surface area (Å²) in [6.07, 6.45) is 1.87. The Morgan fingerprint density at radius 2 is 2.25 bits per heavy atom. The van der Waals surface area contributed by atoms with Gasteiger partial charge in [0.05, 0.1) is 35.8 Å². The molecule has 0 amide bonds. The summed E-state index contributed by atoms with van der Waals surface area (Å²) in [7, 11) is 1.86.